The summed E-state index contributed by atoms with van der Waals surface area (Å²) in [5, 5.41) is 0. The fraction of sp³-hybridized carbons (Fsp3) is 0.0714. The zero-order valence-electron chi connectivity index (χ0n) is 9.51. The number of ether oxygens (including phenoxy) is 1. The van der Waals surface area contributed by atoms with Crippen LogP contribution in [0.5, 0.6) is 11.5 Å². The van der Waals surface area contributed by atoms with Crippen molar-refractivity contribution in [3.63, 3.8) is 0 Å². The SMILES string of the molecule is Cc1cccc(Oc2cccc(C(N)=O)c2)c1. The van der Waals surface area contributed by atoms with Crippen molar-refractivity contribution in [1.82, 2.24) is 0 Å². The monoisotopic (exact) mass is 227 g/mol. The number of carbonyl (C=O) groups is 1. The zero-order valence-corrected chi connectivity index (χ0v) is 9.51. The van der Waals surface area contributed by atoms with Crippen LogP contribution in [-0.4, -0.2) is 5.91 Å². The Morgan fingerprint density at radius 1 is 1.06 bits per heavy atom. The highest BCUT2D eigenvalue weighted by molar-refractivity contribution is 5.93. The van der Waals surface area contributed by atoms with Gasteiger partial charge in [0.15, 0.2) is 0 Å². The number of primary amides is 1. The van der Waals surface area contributed by atoms with Crippen molar-refractivity contribution in [3.8, 4) is 11.5 Å². The summed E-state index contributed by atoms with van der Waals surface area (Å²) < 4.78 is 5.64. The molecule has 0 saturated carbocycles. The summed E-state index contributed by atoms with van der Waals surface area (Å²) in [5.74, 6) is 0.887. The molecule has 2 aromatic rings. The molecule has 0 aliphatic carbocycles. The Bertz CT molecular complexity index is 549. The fourth-order valence-electron chi connectivity index (χ4n) is 1.53. The predicted molar refractivity (Wildman–Crippen MR) is 66.2 cm³/mol. The lowest BCUT2D eigenvalue weighted by Crippen LogP contribution is -2.10. The Morgan fingerprint density at radius 2 is 1.71 bits per heavy atom. The molecule has 1 amide bonds. The van der Waals surface area contributed by atoms with Gasteiger partial charge in [-0.05, 0) is 42.8 Å². The topological polar surface area (TPSA) is 52.3 Å². The number of amides is 1. The smallest absolute Gasteiger partial charge is 0.248 e. The Labute approximate surface area is 99.8 Å². The van der Waals surface area contributed by atoms with Crippen LogP contribution in [0.3, 0.4) is 0 Å². The summed E-state index contributed by atoms with van der Waals surface area (Å²) in [4.78, 5) is 11.0. The molecule has 3 heteroatoms. The van der Waals surface area contributed by atoms with Gasteiger partial charge in [-0.3, -0.25) is 4.79 Å². The van der Waals surface area contributed by atoms with E-state index in [1.807, 2.05) is 31.2 Å². The third kappa shape index (κ3) is 2.84. The number of hydrogen-bond acceptors (Lipinski definition) is 2. The molecule has 3 nitrogen and oxygen atoms in total. The van der Waals surface area contributed by atoms with Crippen LogP contribution < -0.4 is 10.5 Å². The van der Waals surface area contributed by atoms with Gasteiger partial charge >= 0.3 is 0 Å². The normalized spacial score (nSPS) is 9.94. The zero-order chi connectivity index (χ0) is 12.3. The Balaban J connectivity index is 2.24. The minimum Gasteiger partial charge on any atom is -0.457 e. The lowest BCUT2D eigenvalue weighted by atomic mass is 10.2. The van der Waals surface area contributed by atoms with Crippen LogP contribution in [0.4, 0.5) is 0 Å². The van der Waals surface area contributed by atoms with E-state index < -0.39 is 5.91 Å². The third-order valence-electron chi connectivity index (χ3n) is 2.34. The van der Waals surface area contributed by atoms with Gasteiger partial charge in [-0.15, -0.1) is 0 Å². The van der Waals surface area contributed by atoms with Crippen LogP contribution in [0, 0.1) is 6.92 Å². The van der Waals surface area contributed by atoms with Gasteiger partial charge in [-0.1, -0.05) is 18.2 Å². The lowest BCUT2D eigenvalue weighted by molar-refractivity contribution is 0.1000. The summed E-state index contributed by atoms with van der Waals surface area (Å²) in [6.45, 7) is 1.99. The van der Waals surface area contributed by atoms with Crippen molar-refractivity contribution in [3.05, 3.63) is 59.7 Å². The number of rotatable bonds is 3. The van der Waals surface area contributed by atoms with E-state index in [1.165, 1.54) is 0 Å². The molecule has 2 N–H and O–H groups in total. The second-order valence-corrected chi connectivity index (χ2v) is 3.81. The van der Waals surface area contributed by atoms with Gasteiger partial charge in [-0.2, -0.15) is 0 Å². The Morgan fingerprint density at radius 3 is 2.35 bits per heavy atom. The van der Waals surface area contributed by atoms with Crippen molar-refractivity contribution in [2.24, 2.45) is 5.73 Å². The first-order valence-electron chi connectivity index (χ1n) is 5.29. The van der Waals surface area contributed by atoms with E-state index in [0.29, 0.717) is 11.3 Å². The maximum absolute atomic E-state index is 11.0. The second kappa shape index (κ2) is 4.70. The molecular formula is C14H13NO2. The molecule has 0 aliphatic rings. The van der Waals surface area contributed by atoms with E-state index in [0.717, 1.165) is 11.3 Å². The summed E-state index contributed by atoms with van der Waals surface area (Å²) in [6.07, 6.45) is 0. The molecule has 0 radical (unpaired) electrons. The first kappa shape index (κ1) is 11.2. The second-order valence-electron chi connectivity index (χ2n) is 3.81. The van der Waals surface area contributed by atoms with Gasteiger partial charge in [0.1, 0.15) is 11.5 Å². The molecule has 86 valence electrons. The highest BCUT2D eigenvalue weighted by Gasteiger charge is 2.02. The van der Waals surface area contributed by atoms with Gasteiger partial charge in [0.25, 0.3) is 0 Å². The van der Waals surface area contributed by atoms with Crippen LogP contribution in [0.25, 0.3) is 0 Å². The first-order chi connectivity index (χ1) is 8.15. The van der Waals surface area contributed by atoms with Gasteiger partial charge in [0, 0.05) is 5.56 Å². The number of nitrogens with two attached hydrogens (primary N) is 1. The van der Waals surface area contributed by atoms with Crippen molar-refractivity contribution in [1.29, 1.82) is 0 Å². The lowest BCUT2D eigenvalue weighted by Gasteiger charge is -2.07. The molecular weight excluding hydrogens is 214 g/mol. The van der Waals surface area contributed by atoms with Gasteiger partial charge in [-0.25, -0.2) is 0 Å². The molecule has 0 saturated heterocycles. The van der Waals surface area contributed by atoms with Gasteiger partial charge in [0.05, 0.1) is 0 Å². The van der Waals surface area contributed by atoms with Crippen LogP contribution in [-0.2, 0) is 0 Å². The summed E-state index contributed by atoms with van der Waals surface area (Å²) >= 11 is 0. The van der Waals surface area contributed by atoms with Crippen molar-refractivity contribution >= 4 is 5.91 Å². The van der Waals surface area contributed by atoms with Crippen molar-refractivity contribution in [2.45, 2.75) is 6.92 Å². The summed E-state index contributed by atoms with van der Waals surface area (Å²) in [7, 11) is 0. The van der Waals surface area contributed by atoms with Crippen molar-refractivity contribution < 1.29 is 9.53 Å². The summed E-state index contributed by atoms with van der Waals surface area (Å²) in [6, 6.07) is 14.5. The number of hydrogen-bond donors (Lipinski definition) is 1. The molecule has 2 aromatic carbocycles. The van der Waals surface area contributed by atoms with Gasteiger partial charge in [0.2, 0.25) is 5.91 Å². The minimum absolute atomic E-state index is 0.440. The van der Waals surface area contributed by atoms with E-state index >= 15 is 0 Å². The molecule has 0 aromatic heterocycles. The minimum atomic E-state index is -0.459. The van der Waals surface area contributed by atoms with Crippen LogP contribution in [0.2, 0.25) is 0 Å². The molecule has 0 atom stereocenters. The van der Waals surface area contributed by atoms with E-state index in [9.17, 15) is 4.79 Å². The Kier molecular flexibility index (Phi) is 3.10. The summed E-state index contributed by atoms with van der Waals surface area (Å²) in [5.41, 5.74) is 6.76. The molecule has 0 fully saturated rings. The Hall–Kier alpha value is -2.29. The molecule has 0 bridgehead atoms. The highest BCUT2D eigenvalue weighted by atomic mass is 16.5. The fourth-order valence-corrected chi connectivity index (χ4v) is 1.53. The number of carbonyl (C=O) groups excluding carboxylic acids is 1. The molecule has 0 aliphatic heterocycles. The highest BCUT2D eigenvalue weighted by Crippen LogP contribution is 2.22. The molecule has 0 unspecified atom stereocenters. The molecule has 0 spiro atoms. The van der Waals surface area contributed by atoms with Crippen LogP contribution in [0.15, 0.2) is 48.5 Å². The third-order valence-corrected chi connectivity index (χ3v) is 2.34. The first-order valence-corrected chi connectivity index (χ1v) is 5.29. The average Bonchev–Trinajstić information content (AvgIpc) is 2.29. The molecule has 2 rings (SSSR count). The van der Waals surface area contributed by atoms with E-state index in [4.69, 9.17) is 10.5 Å². The maximum atomic E-state index is 11.0. The van der Waals surface area contributed by atoms with E-state index in [2.05, 4.69) is 0 Å². The average molecular weight is 227 g/mol. The molecule has 17 heavy (non-hydrogen) atoms. The van der Waals surface area contributed by atoms with Crippen molar-refractivity contribution in [2.75, 3.05) is 0 Å². The van der Waals surface area contributed by atoms with Gasteiger partial charge < -0.3 is 10.5 Å². The van der Waals surface area contributed by atoms with E-state index in [-0.39, 0.29) is 0 Å². The standard InChI is InChI=1S/C14H13NO2/c1-10-4-2-6-12(8-10)17-13-7-3-5-11(9-13)14(15)16/h2-9H,1H3,(H2,15,16). The quantitative estimate of drug-likeness (QED) is 0.876. The van der Waals surface area contributed by atoms with Crippen LogP contribution >= 0.6 is 0 Å². The maximum Gasteiger partial charge on any atom is 0.248 e. The van der Waals surface area contributed by atoms with E-state index in [1.54, 1.807) is 24.3 Å². The molecule has 0 heterocycles. The number of aryl methyl sites for hydroxylation is 1. The predicted octanol–water partition coefficient (Wildman–Crippen LogP) is 2.89. The van der Waals surface area contributed by atoms with Crippen LogP contribution in [0.1, 0.15) is 15.9 Å². The largest absolute Gasteiger partial charge is 0.457 e. The number of benzene rings is 2.